The Balaban J connectivity index is 1.81. The van der Waals surface area contributed by atoms with Gasteiger partial charge in [-0.2, -0.15) is 0 Å². The highest BCUT2D eigenvalue weighted by atomic mass is 16.5. The van der Waals surface area contributed by atoms with E-state index in [9.17, 15) is 9.90 Å². The van der Waals surface area contributed by atoms with Gasteiger partial charge in [-0.15, -0.1) is 0 Å². The number of hydrogen-bond donors (Lipinski definition) is 1. The number of carbonyl (C=O) groups is 1. The number of amides is 1. The van der Waals surface area contributed by atoms with Gasteiger partial charge < -0.3 is 14.7 Å². The van der Waals surface area contributed by atoms with E-state index in [0.717, 1.165) is 18.4 Å². The molecule has 0 radical (unpaired) electrons. The number of ether oxygens (including phenoxy) is 1. The van der Waals surface area contributed by atoms with Crippen LogP contribution in [-0.4, -0.2) is 47.3 Å². The first-order chi connectivity index (χ1) is 9.98. The Hall–Kier alpha value is -1.39. The Morgan fingerprint density at radius 2 is 2.14 bits per heavy atom. The number of rotatable bonds is 2. The van der Waals surface area contributed by atoms with Crippen molar-refractivity contribution in [3.63, 3.8) is 0 Å². The van der Waals surface area contributed by atoms with Gasteiger partial charge in [-0.3, -0.25) is 4.79 Å². The van der Waals surface area contributed by atoms with Crippen molar-refractivity contribution in [3.05, 3.63) is 34.9 Å². The maximum absolute atomic E-state index is 12.7. The van der Waals surface area contributed by atoms with Crippen molar-refractivity contribution in [2.75, 3.05) is 19.7 Å². The number of aliphatic hydroxyl groups excluding tert-OH is 1. The molecular weight excluding hydrogens is 266 g/mol. The zero-order valence-electron chi connectivity index (χ0n) is 12.8. The first-order valence-corrected chi connectivity index (χ1v) is 7.68. The summed E-state index contributed by atoms with van der Waals surface area (Å²) < 4.78 is 5.77. The van der Waals surface area contributed by atoms with Gasteiger partial charge in [0, 0.05) is 18.7 Å². The summed E-state index contributed by atoms with van der Waals surface area (Å²) in [5.41, 5.74) is 3.03. The first kappa shape index (κ1) is 14.5. The van der Waals surface area contributed by atoms with Gasteiger partial charge in [0.15, 0.2) is 0 Å². The van der Waals surface area contributed by atoms with Crippen molar-refractivity contribution in [3.8, 4) is 0 Å². The van der Waals surface area contributed by atoms with Gasteiger partial charge in [-0.05, 0) is 56.4 Å². The molecule has 4 nitrogen and oxygen atoms in total. The van der Waals surface area contributed by atoms with E-state index in [4.69, 9.17) is 4.74 Å². The van der Waals surface area contributed by atoms with Gasteiger partial charge in [-0.25, -0.2) is 0 Å². The van der Waals surface area contributed by atoms with Crippen molar-refractivity contribution >= 4 is 5.91 Å². The lowest BCUT2D eigenvalue weighted by molar-refractivity contribution is -0.139. The van der Waals surface area contributed by atoms with Crippen LogP contribution >= 0.6 is 0 Å². The third kappa shape index (κ3) is 2.97. The molecule has 4 heteroatoms. The van der Waals surface area contributed by atoms with Gasteiger partial charge >= 0.3 is 0 Å². The van der Waals surface area contributed by atoms with E-state index in [1.165, 1.54) is 17.5 Å². The number of morpholine rings is 1. The molecular formula is C17H23NO3. The average molecular weight is 289 g/mol. The molecule has 0 bridgehead atoms. The fraction of sp³-hybridized carbons (Fsp3) is 0.588. The monoisotopic (exact) mass is 289 g/mol. The Labute approximate surface area is 125 Å². The summed E-state index contributed by atoms with van der Waals surface area (Å²) in [4.78, 5) is 14.5. The molecule has 0 spiro atoms. The topological polar surface area (TPSA) is 49.8 Å². The fourth-order valence-corrected chi connectivity index (χ4v) is 3.43. The molecule has 1 aliphatic carbocycles. The summed E-state index contributed by atoms with van der Waals surface area (Å²) in [6.45, 7) is 4.86. The molecule has 21 heavy (non-hydrogen) atoms. The smallest absolute Gasteiger partial charge is 0.254 e. The minimum absolute atomic E-state index is 0.0412. The van der Waals surface area contributed by atoms with Gasteiger partial charge in [0.25, 0.3) is 5.91 Å². The van der Waals surface area contributed by atoms with E-state index >= 15 is 0 Å². The molecule has 1 aromatic carbocycles. The van der Waals surface area contributed by atoms with Gasteiger partial charge in [0.05, 0.1) is 18.3 Å². The van der Waals surface area contributed by atoms with Crippen molar-refractivity contribution in [2.24, 2.45) is 0 Å². The van der Waals surface area contributed by atoms with Crippen LogP contribution in [0.2, 0.25) is 0 Å². The molecule has 1 saturated heterocycles. The molecule has 3 rings (SSSR count). The van der Waals surface area contributed by atoms with Crippen LogP contribution in [0.4, 0.5) is 0 Å². The number of carbonyl (C=O) groups excluding carboxylic acids is 1. The number of benzene rings is 1. The molecule has 1 amide bonds. The minimum atomic E-state index is -0.419. The zero-order chi connectivity index (χ0) is 15.0. The summed E-state index contributed by atoms with van der Waals surface area (Å²) in [5, 5.41) is 9.36. The molecule has 1 fully saturated rings. The quantitative estimate of drug-likeness (QED) is 0.903. The van der Waals surface area contributed by atoms with E-state index in [2.05, 4.69) is 6.07 Å². The number of aryl methyl sites for hydroxylation is 2. The predicted molar refractivity (Wildman–Crippen MR) is 80.4 cm³/mol. The van der Waals surface area contributed by atoms with Crippen LogP contribution in [0.5, 0.6) is 0 Å². The normalized spacial score (nSPS) is 24.0. The maximum atomic E-state index is 12.7. The molecule has 1 aromatic rings. The lowest BCUT2D eigenvalue weighted by atomic mass is 10.0. The second-order valence-electron chi connectivity index (χ2n) is 6.70. The molecule has 1 N–H and O–H groups in total. The maximum Gasteiger partial charge on any atom is 0.254 e. The summed E-state index contributed by atoms with van der Waals surface area (Å²) in [5.74, 6) is 0.0412. The lowest BCUT2D eigenvalue weighted by Gasteiger charge is -2.42. The largest absolute Gasteiger partial charge is 0.394 e. The predicted octanol–water partition coefficient (Wildman–Crippen LogP) is 1.79. The Morgan fingerprint density at radius 3 is 2.90 bits per heavy atom. The first-order valence-electron chi connectivity index (χ1n) is 7.68. The van der Waals surface area contributed by atoms with Crippen molar-refractivity contribution in [2.45, 2.75) is 44.8 Å². The standard InChI is InChI=1S/C17H23NO3/c1-17(2)11-18(9-15(10-19)21-17)16(20)14-7-6-12-4-3-5-13(12)8-14/h6-8,15,19H,3-5,9-11H2,1-2H3. The molecule has 114 valence electrons. The van der Waals surface area contributed by atoms with E-state index in [0.29, 0.717) is 13.1 Å². The molecule has 0 aromatic heterocycles. The second kappa shape index (κ2) is 5.43. The van der Waals surface area contributed by atoms with Crippen LogP contribution in [0.25, 0.3) is 0 Å². The van der Waals surface area contributed by atoms with Gasteiger partial charge in [-0.1, -0.05) is 6.07 Å². The molecule has 1 aliphatic heterocycles. The summed E-state index contributed by atoms with van der Waals surface area (Å²) >= 11 is 0. The zero-order valence-corrected chi connectivity index (χ0v) is 12.8. The van der Waals surface area contributed by atoms with Crippen molar-refractivity contribution in [1.82, 2.24) is 4.90 Å². The Morgan fingerprint density at radius 1 is 1.38 bits per heavy atom. The van der Waals surface area contributed by atoms with E-state index < -0.39 is 5.60 Å². The number of nitrogens with zero attached hydrogens (tertiary/aromatic N) is 1. The molecule has 1 unspecified atom stereocenters. The Kier molecular flexibility index (Phi) is 3.76. The van der Waals surface area contributed by atoms with Gasteiger partial charge in [0.2, 0.25) is 0 Å². The SMILES string of the molecule is CC1(C)CN(C(=O)c2ccc3c(c2)CCC3)CC(CO)O1. The molecule has 1 heterocycles. The summed E-state index contributed by atoms with van der Waals surface area (Å²) in [7, 11) is 0. The van der Waals surface area contributed by atoms with Crippen molar-refractivity contribution < 1.29 is 14.6 Å². The van der Waals surface area contributed by atoms with Crippen molar-refractivity contribution in [1.29, 1.82) is 0 Å². The second-order valence-corrected chi connectivity index (χ2v) is 6.70. The molecule has 1 atom stereocenters. The van der Waals surface area contributed by atoms with E-state index in [1.54, 1.807) is 4.90 Å². The number of fused-ring (bicyclic) bond motifs is 1. The number of hydrogen-bond acceptors (Lipinski definition) is 3. The van der Waals surface area contributed by atoms with Crippen LogP contribution in [0.15, 0.2) is 18.2 Å². The highest BCUT2D eigenvalue weighted by molar-refractivity contribution is 5.94. The van der Waals surface area contributed by atoms with Gasteiger partial charge in [0.1, 0.15) is 0 Å². The molecule has 0 saturated carbocycles. The summed E-state index contributed by atoms with van der Waals surface area (Å²) in [6, 6.07) is 6.06. The van der Waals surface area contributed by atoms with Crippen LogP contribution in [0, 0.1) is 0 Å². The molecule has 2 aliphatic rings. The summed E-state index contributed by atoms with van der Waals surface area (Å²) in [6.07, 6.45) is 3.09. The third-order valence-corrected chi connectivity index (χ3v) is 4.32. The van der Waals surface area contributed by atoms with Crippen LogP contribution in [0.3, 0.4) is 0 Å². The fourth-order valence-electron chi connectivity index (χ4n) is 3.43. The highest BCUT2D eigenvalue weighted by Gasteiger charge is 2.35. The Bertz CT molecular complexity index is 553. The van der Waals surface area contributed by atoms with E-state index in [-0.39, 0.29) is 18.6 Å². The lowest BCUT2D eigenvalue weighted by Crippen LogP contribution is -2.55. The highest BCUT2D eigenvalue weighted by Crippen LogP contribution is 2.26. The number of aliphatic hydroxyl groups is 1. The van der Waals surface area contributed by atoms with E-state index in [1.807, 2.05) is 26.0 Å². The third-order valence-electron chi connectivity index (χ3n) is 4.32. The van der Waals surface area contributed by atoms with Crippen LogP contribution in [-0.2, 0) is 17.6 Å². The van der Waals surface area contributed by atoms with Crippen LogP contribution < -0.4 is 0 Å². The minimum Gasteiger partial charge on any atom is -0.394 e. The van der Waals surface area contributed by atoms with Crippen LogP contribution in [0.1, 0.15) is 41.8 Å². The average Bonchev–Trinajstić information content (AvgIpc) is 2.92.